The van der Waals surface area contributed by atoms with E-state index in [0.717, 1.165) is 30.0 Å². The molecule has 1 amide bonds. The van der Waals surface area contributed by atoms with Crippen LogP contribution in [0.15, 0.2) is 53.9 Å². The molecule has 3 rings (SSSR count). The fourth-order valence-corrected chi connectivity index (χ4v) is 2.08. The average Bonchev–Trinajstić information content (AvgIpc) is 2.91. The van der Waals surface area contributed by atoms with E-state index in [0.29, 0.717) is 0 Å². The molecule has 0 saturated carbocycles. The number of aromatic nitrogens is 2. The molecule has 0 spiro atoms. The van der Waals surface area contributed by atoms with Gasteiger partial charge in [-0.3, -0.25) is 4.79 Å². The summed E-state index contributed by atoms with van der Waals surface area (Å²) in [4.78, 5) is 12.2. The van der Waals surface area contributed by atoms with Crippen molar-refractivity contribution >= 4 is 11.6 Å². The van der Waals surface area contributed by atoms with Crippen LogP contribution in [0, 0.1) is 0 Å². The molecular formula is C15H16N4O. The maximum Gasteiger partial charge on any atom is 0.251 e. The highest BCUT2D eigenvalue weighted by Gasteiger charge is 2.17. The van der Waals surface area contributed by atoms with Crippen molar-refractivity contribution in [3.63, 3.8) is 0 Å². The molecule has 0 unspecified atom stereocenters. The fraction of sp³-hybridized carbons (Fsp3) is 0.200. The molecule has 0 aliphatic carbocycles. The van der Waals surface area contributed by atoms with Crippen LogP contribution in [0.25, 0.3) is 5.69 Å². The number of hydrogen-bond acceptors (Lipinski definition) is 3. The zero-order chi connectivity index (χ0) is 13.9. The van der Waals surface area contributed by atoms with Crippen molar-refractivity contribution in [3.05, 3.63) is 53.9 Å². The van der Waals surface area contributed by atoms with Crippen LogP contribution in [0.5, 0.6) is 0 Å². The number of nitrogens with one attached hydrogen (secondary N) is 2. The molecule has 5 heteroatoms. The molecule has 5 nitrogen and oxygen atoms in total. The van der Waals surface area contributed by atoms with Gasteiger partial charge in [0.25, 0.3) is 5.91 Å². The molecule has 1 aliphatic heterocycles. The molecule has 102 valence electrons. The number of para-hydroxylation sites is 2. The molecule has 2 aromatic rings. The minimum Gasteiger partial charge on any atom is -0.320 e. The molecule has 0 radical (unpaired) electrons. The Labute approximate surface area is 117 Å². The zero-order valence-corrected chi connectivity index (χ0v) is 11.3. The number of anilines is 1. The van der Waals surface area contributed by atoms with Gasteiger partial charge in [-0.1, -0.05) is 12.1 Å². The SMILES string of the molecule is CC(C(=O)Nc1ccccc1-n1cccn1)=C1CNC1. The maximum atomic E-state index is 12.2. The lowest BCUT2D eigenvalue weighted by molar-refractivity contribution is -0.112. The first-order chi connectivity index (χ1) is 9.75. The van der Waals surface area contributed by atoms with Crippen molar-refractivity contribution in [3.8, 4) is 5.69 Å². The van der Waals surface area contributed by atoms with Crippen molar-refractivity contribution < 1.29 is 4.79 Å². The van der Waals surface area contributed by atoms with Crippen molar-refractivity contribution in [2.75, 3.05) is 18.4 Å². The predicted molar refractivity (Wildman–Crippen MR) is 77.8 cm³/mol. The summed E-state index contributed by atoms with van der Waals surface area (Å²) in [6.07, 6.45) is 3.57. The van der Waals surface area contributed by atoms with Crippen LogP contribution < -0.4 is 10.6 Å². The Morgan fingerprint density at radius 1 is 1.30 bits per heavy atom. The van der Waals surface area contributed by atoms with Crippen molar-refractivity contribution in [2.45, 2.75) is 6.92 Å². The minimum atomic E-state index is -0.0545. The standard InChI is InChI=1S/C15H16N4O/c1-11(12-9-16-10-12)15(20)18-13-5-2-3-6-14(13)19-8-4-7-17-19/h2-8,16H,9-10H2,1H3,(H,18,20). The Balaban J connectivity index is 1.86. The van der Waals surface area contributed by atoms with Gasteiger partial charge < -0.3 is 10.6 Å². The summed E-state index contributed by atoms with van der Waals surface area (Å²) >= 11 is 0. The van der Waals surface area contributed by atoms with Gasteiger partial charge in [-0.2, -0.15) is 5.10 Å². The second-order valence-corrected chi connectivity index (χ2v) is 4.75. The van der Waals surface area contributed by atoms with Gasteiger partial charge in [0.2, 0.25) is 0 Å². The highest BCUT2D eigenvalue weighted by Crippen LogP contribution is 2.20. The Morgan fingerprint density at radius 2 is 2.10 bits per heavy atom. The Bertz CT molecular complexity index is 652. The minimum absolute atomic E-state index is 0.0545. The van der Waals surface area contributed by atoms with Crippen LogP contribution in [0.2, 0.25) is 0 Å². The van der Waals surface area contributed by atoms with E-state index in [9.17, 15) is 4.79 Å². The number of nitrogens with zero attached hydrogens (tertiary/aromatic N) is 2. The number of benzene rings is 1. The quantitative estimate of drug-likeness (QED) is 0.833. The van der Waals surface area contributed by atoms with Crippen molar-refractivity contribution in [2.24, 2.45) is 0 Å². The Hall–Kier alpha value is -2.40. The zero-order valence-electron chi connectivity index (χ0n) is 11.3. The highest BCUT2D eigenvalue weighted by molar-refractivity contribution is 6.05. The lowest BCUT2D eigenvalue weighted by atomic mass is 10.0. The van der Waals surface area contributed by atoms with E-state index in [4.69, 9.17) is 0 Å². The van der Waals surface area contributed by atoms with E-state index < -0.39 is 0 Å². The van der Waals surface area contributed by atoms with Crippen molar-refractivity contribution in [1.82, 2.24) is 15.1 Å². The van der Waals surface area contributed by atoms with E-state index in [-0.39, 0.29) is 5.91 Å². The molecular weight excluding hydrogens is 252 g/mol. The third kappa shape index (κ3) is 2.35. The maximum absolute atomic E-state index is 12.2. The molecule has 2 heterocycles. The topological polar surface area (TPSA) is 59.0 Å². The predicted octanol–water partition coefficient (Wildman–Crippen LogP) is 1.73. The summed E-state index contributed by atoms with van der Waals surface area (Å²) in [6, 6.07) is 9.48. The summed E-state index contributed by atoms with van der Waals surface area (Å²) in [6.45, 7) is 3.47. The van der Waals surface area contributed by atoms with Gasteiger partial charge in [-0.15, -0.1) is 0 Å². The molecule has 1 aromatic heterocycles. The summed E-state index contributed by atoms with van der Waals surface area (Å²) in [5, 5.41) is 10.3. The van der Waals surface area contributed by atoms with Gasteiger partial charge in [0, 0.05) is 31.1 Å². The first-order valence-electron chi connectivity index (χ1n) is 6.55. The summed E-state index contributed by atoms with van der Waals surface area (Å²) in [5.74, 6) is -0.0545. The molecule has 1 fully saturated rings. The second kappa shape index (κ2) is 5.30. The van der Waals surface area contributed by atoms with Crippen LogP contribution >= 0.6 is 0 Å². The first-order valence-corrected chi connectivity index (χ1v) is 6.55. The fourth-order valence-electron chi connectivity index (χ4n) is 2.08. The van der Waals surface area contributed by atoms with E-state index in [1.807, 2.05) is 43.5 Å². The number of carbonyl (C=O) groups excluding carboxylic acids is 1. The molecule has 1 aliphatic rings. The van der Waals surface area contributed by atoms with E-state index in [1.54, 1.807) is 10.9 Å². The van der Waals surface area contributed by atoms with Crippen LogP contribution in [-0.4, -0.2) is 28.8 Å². The summed E-state index contributed by atoms with van der Waals surface area (Å²) in [7, 11) is 0. The number of hydrogen-bond donors (Lipinski definition) is 2. The Kier molecular flexibility index (Phi) is 3.35. The van der Waals surface area contributed by atoms with Gasteiger partial charge in [-0.05, 0) is 30.7 Å². The Morgan fingerprint density at radius 3 is 2.75 bits per heavy atom. The van der Waals surface area contributed by atoms with Crippen molar-refractivity contribution in [1.29, 1.82) is 0 Å². The monoisotopic (exact) mass is 268 g/mol. The molecule has 1 aromatic carbocycles. The van der Waals surface area contributed by atoms with E-state index in [2.05, 4.69) is 15.7 Å². The lowest BCUT2D eigenvalue weighted by Gasteiger charge is -2.21. The first kappa shape index (κ1) is 12.6. The van der Waals surface area contributed by atoms with Gasteiger partial charge in [0.15, 0.2) is 0 Å². The van der Waals surface area contributed by atoms with Crippen LogP contribution in [-0.2, 0) is 4.79 Å². The van der Waals surface area contributed by atoms with E-state index in [1.165, 1.54) is 5.57 Å². The van der Waals surface area contributed by atoms with Crippen LogP contribution in [0.1, 0.15) is 6.92 Å². The van der Waals surface area contributed by atoms with Gasteiger partial charge in [0.1, 0.15) is 0 Å². The lowest BCUT2D eigenvalue weighted by Crippen LogP contribution is -2.36. The molecule has 20 heavy (non-hydrogen) atoms. The van der Waals surface area contributed by atoms with Crippen LogP contribution in [0.3, 0.4) is 0 Å². The third-order valence-electron chi connectivity index (χ3n) is 3.45. The van der Waals surface area contributed by atoms with Crippen LogP contribution in [0.4, 0.5) is 5.69 Å². The smallest absolute Gasteiger partial charge is 0.251 e. The van der Waals surface area contributed by atoms with E-state index >= 15 is 0 Å². The number of rotatable bonds is 3. The third-order valence-corrected chi connectivity index (χ3v) is 3.45. The van der Waals surface area contributed by atoms with Gasteiger partial charge in [-0.25, -0.2) is 4.68 Å². The molecule has 1 saturated heterocycles. The number of carbonyl (C=O) groups is 1. The number of amides is 1. The second-order valence-electron chi connectivity index (χ2n) is 4.75. The summed E-state index contributed by atoms with van der Waals surface area (Å²) in [5.41, 5.74) is 3.57. The molecule has 2 N–H and O–H groups in total. The van der Waals surface area contributed by atoms with Gasteiger partial charge in [0.05, 0.1) is 11.4 Å². The molecule has 0 bridgehead atoms. The molecule has 0 atom stereocenters. The average molecular weight is 268 g/mol. The summed E-state index contributed by atoms with van der Waals surface area (Å²) < 4.78 is 1.74. The normalized spacial score (nSPS) is 13.8. The largest absolute Gasteiger partial charge is 0.320 e. The van der Waals surface area contributed by atoms with Gasteiger partial charge >= 0.3 is 0 Å². The highest BCUT2D eigenvalue weighted by atomic mass is 16.1.